The molecule has 1 aliphatic rings. The average Bonchev–Trinajstić information content (AvgIpc) is 3.49. The SMILES string of the molecule is Cc1cc(F)c2c(oc3c(-c4ccc(C5CCCC5)cc4)cccc32)c1-c1cccc[n+]1C. The first-order valence-electron chi connectivity index (χ1n) is 11.8. The molecule has 0 bridgehead atoms. The zero-order chi connectivity index (χ0) is 22.5. The molecule has 1 saturated carbocycles. The molecule has 3 heteroatoms. The van der Waals surface area contributed by atoms with Crippen LogP contribution in [0.1, 0.15) is 42.7 Å². The summed E-state index contributed by atoms with van der Waals surface area (Å²) in [6.45, 7) is 1.95. The van der Waals surface area contributed by atoms with E-state index < -0.39 is 0 Å². The number of para-hydroxylation sites is 1. The first-order chi connectivity index (χ1) is 16.1. The molecule has 0 radical (unpaired) electrons. The molecule has 164 valence electrons. The van der Waals surface area contributed by atoms with E-state index in [9.17, 15) is 0 Å². The van der Waals surface area contributed by atoms with Gasteiger partial charge < -0.3 is 4.42 Å². The second-order valence-corrected chi connectivity index (χ2v) is 9.34. The van der Waals surface area contributed by atoms with E-state index in [0.29, 0.717) is 16.9 Å². The lowest BCUT2D eigenvalue weighted by Crippen LogP contribution is -2.30. The first-order valence-corrected chi connectivity index (χ1v) is 11.8. The highest BCUT2D eigenvalue weighted by atomic mass is 19.1. The minimum atomic E-state index is -0.239. The number of furan rings is 1. The summed E-state index contributed by atoms with van der Waals surface area (Å²) in [7, 11) is 2.00. The van der Waals surface area contributed by atoms with E-state index in [1.807, 2.05) is 44.4 Å². The van der Waals surface area contributed by atoms with Crippen molar-refractivity contribution in [2.45, 2.75) is 38.5 Å². The van der Waals surface area contributed by atoms with Crippen LogP contribution >= 0.6 is 0 Å². The third-order valence-electron chi connectivity index (χ3n) is 7.28. The number of nitrogens with zero attached hydrogens (tertiary/aromatic N) is 1. The summed E-state index contributed by atoms with van der Waals surface area (Å²) in [4.78, 5) is 0. The minimum Gasteiger partial charge on any atom is -0.454 e. The van der Waals surface area contributed by atoms with Crippen LogP contribution in [0.4, 0.5) is 4.39 Å². The molecule has 2 aromatic heterocycles. The van der Waals surface area contributed by atoms with Crippen molar-refractivity contribution in [2.24, 2.45) is 7.05 Å². The maximum Gasteiger partial charge on any atom is 0.216 e. The molecule has 0 saturated heterocycles. The molecule has 33 heavy (non-hydrogen) atoms. The lowest BCUT2D eigenvalue weighted by atomic mass is 9.94. The van der Waals surface area contributed by atoms with Crippen molar-refractivity contribution in [3.05, 3.63) is 89.9 Å². The van der Waals surface area contributed by atoms with Gasteiger partial charge in [-0.25, -0.2) is 8.96 Å². The lowest BCUT2D eigenvalue weighted by molar-refractivity contribution is -0.660. The van der Waals surface area contributed by atoms with Gasteiger partial charge in [-0.05, 0) is 54.5 Å². The third-order valence-corrected chi connectivity index (χ3v) is 7.28. The van der Waals surface area contributed by atoms with E-state index in [0.717, 1.165) is 38.9 Å². The number of halogens is 1. The fourth-order valence-electron chi connectivity index (χ4n) is 5.57. The summed E-state index contributed by atoms with van der Waals surface area (Å²) < 4.78 is 23.9. The fraction of sp³-hybridized carbons (Fsp3) is 0.233. The van der Waals surface area contributed by atoms with Crippen LogP contribution in [0.25, 0.3) is 44.3 Å². The van der Waals surface area contributed by atoms with Crippen molar-refractivity contribution in [3.63, 3.8) is 0 Å². The Kier molecular flexibility index (Phi) is 4.79. The molecule has 0 spiro atoms. The Hall–Kier alpha value is -3.46. The maximum absolute atomic E-state index is 15.3. The van der Waals surface area contributed by atoms with Crippen molar-refractivity contribution < 1.29 is 13.4 Å². The van der Waals surface area contributed by atoms with Gasteiger partial charge in [0.25, 0.3) is 0 Å². The van der Waals surface area contributed by atoms with Crippen LogP contribution in [0.15, 0.2) is 77.3 Å². The van der Waals surface area contributed by atoms with Gasteiger partial charge in [-0.2, -0.15) is 0 Å². The first kappa shape index (κ1) is 20.2. The van der Waals surface area contributed by atoms with E-state index in [4.69, 9.17) is 4.42 Å². The Morgan fingerprint density at radius 3 is 2.45 bits per heavy atom. The van der Waals surface area contributed by atoms with E-state index in [1.54, 1.807) is 6.07 Å². The summed E-state index contributed by atoms with van der Waals surface area (Å²) >= 11 is 0. The Labute approximate surface area is 193 Å². The maximum atomic E-state index is 15.3. The average molecular weight is 437 g/mol. The lowest BCUT2D eigenvalue weighted by Gasteiger charge is -2.10. The zero-order valence-electron chi connectivity index (χ0n) is 19.1. The van der Waals surface area contributed by atoms with Crippen LogP contribution in [0.5, 0.6) is 0 Å². The monoisotopic (exact) mass is 436 g/mol. The van der Waals surface area contributed by atoms with Crippen molar-refractivity contribution in [1.29, 1.82) is 0 Å². The molecule has 0 aliphatic heterocycles. The summed E-state index contributed by atoms with van der Waals surface area (Å²) in [6, 6.07) is 22.6. The quantitative estimate of drug-likeness (QED) is 0.263. The molecule has 6 rings (SSSR count). The predicted molar refractivity (Wildman–Crippen MR) is 132 cm³/mol. The molecule has 0 atom stereocenters. The van der Waals surface area contributed by atoms with Gasteiger partial charge in [-0.15, -0.1) is 0 Å². The Morgan fingerprint density at radius 1 is 0.909 bits per heavy atom. The molecule has 0 N–H and O–H groups in total. The van der Waals surface area contributed by atoms with Gasteiger partial charge in [-0.1, -0.05) is 55.3 Å². The number of fused-ring (bicyclic) bond motifs is 3. The number of rotatable bonds is 3. The van der Waals surface area contributed by atoms with Crippen LogP contribution in [-0.2, 0) is 7.05 Å². The smallest absolute Gasteiger partial charge is 0.216 e. The summed E-state index contributed by atoms with van der Waals surface area (Å²) in [5.74, 6) is 0.449. The largest absolute Gasteiger partial charge is 0.454 e. The van der Waals surface area contributed by atoms with E-state index in [2.05, 4.69) is 41.0 Å². The molecule has 1 fully saturated rings. The number of pyridine rings is 1. The molecule has 5 aromatic rings. The highest BCUT2D eigenvalue weighted by molar-refractivity contribution is 6.13. The van der Waals surface area contributed by atoms with E-state index in [1.165, 1.54) is 31.2 Å². The molecule has 1 aliphatic carbocycles. The fourth-order valence-corrected chi connectivity index (χ4v) is 5.57. The minimum absolute atomic E-state index is 0.239. The summed E-state index contributed by atoms with van der Waals surface area (Å²) in [6.07, 6.45) is 7.24. The second kappa shape index (κ2) is 7.84. The number of aromatic nitrogens is 1. The van der Waals surface area contributed by atoms with Gasteiger partial charge in [0.1, 0.15) is 18.4 Å². The highest BCUT2D eigenvalue weighted by Crippen LogP contribution is 2.42. The number of aryl methyl sites for hydroxylation is 2. The molecule has 0 unspecified atom stereocenters. The number of hydrogen-bond acceptors (Lipinski definition) is 1. The Bertz CT molecular complexity index is 1490. The van der Waals surface area contributed by atoms with Gasteiger partial charge in [0.15, 0.2) is 11.8 Å². The number of hydrogen-bond donors (Lipinski definition) is 0. The molecular formula is C30H27FNO+. The normalized spacial score (nSPS) is 14.5. The standard InChI is InChI=1S/C30H27FNO/c1-19-18-25(31)28-24-11-7-10-23(22-15-13-21(14-16-22)20-8-3-4-9-20)29(24)33-30(28)27(19)26-12-5-6-17-32(26)2/h5-7,10-18,20H,3-4,8-9H2,1-2H3/q+1. The molecule has 2 nitrogen and oxygen atoms in total. The van der Waals surface area contributed by atoms with E-state index >= 15 is 4.39 Å². The Balaban J connectivity index is 1.57. The van der Waals surface area contributed by atoms with Crippen molar-refractivity contribution in [3.8, 4) is 22.4 Å². The van der Waals surface area contributed by atoms with Crippen molar-refractivity contribution in [2.75, 3.05) is 0 Å². The third kappa shape index (κ3) is 3.26. The second-order valence-electron chi connectivity index (χ2n) is 9.34. The van der Waals surface area contributed by atoms with Gasteiger partial charge in [0, 0.05) is 23.1 Å². The zero-order valence-corrected chi connectivity index (χ0v) is 19.1. The van der Waals surface area contributed by atoms with Crippen molar-refractivity contribution in [1.82, 2.24) is 0 Å². The molecule has 0 amide bonds. The van der Waals surface area contributed by atoms with Crippen LogP contribution < -0.4 is 4.57 Å². The van der Waals surface area contributed by atoms with Crippen LogP contribution in [0, 0.1) is 12.7 Å². The topological polar surface area (TPSA) is 17.0 Å². The Morgan fingerprint density at radius 2 is 1.70 bits per heavy atom. The molecule has 3 aromatic carbocycles. The predicted octanol–water partition coefficient (Wildman–Crippen LogP) is 7.85. The summed E-state index contributed by atoms with van der Waals surface area (Å²) in [5.41, 5.74) is 7.68. The summed E-state index contributed by atoms with van der Waals surface area (Å²) in [5, 5.41) is 1.37. The van der Waals surface area contributed by atoms with Crippen molar-refractivity contribution >= 4 is 21.9 Å². The highest BCUT2D eigenvalue weighted by Gasteiger charge is 2.24. The van der Waals surface area contributed by atoms with E-state index in [-0.39, 0.29) is 5.82 Å². The number of benzene rings is 3. The van der Waals surface area contributed by atoms with Gasteiger partial charge in [0.05, 0.1) is 10.9 Å². The molecule has 2 heterocycles. The van der Waals surface area contributed by atoms with Crippen LogP contribution in [0.3, 0.4) is 0 Å². The van der Waals surface area contributed by atoms with Gasteiger partial charge in [0.2, 0.25) is 5.69 Å². The van der Waals surface area contributed by atoms with Crippen LogP contribution in [-0.4, -0.2) is 0 Å². The van der Waals surface area contributed by atoms with Gasteiger partial charge >= 0.3 is 0 Å². The van der Waals surface area contributed by atoms with Crippen LogP contribution in [0.2, 0.25) is 0 Å². The molecular weight excluding hydrogens is 409 g/mol. The van der Waals surface area contributed by atoms with Gasteiger partial charge in [-0.3, -0.25) is 0 Å².